The van der Waals surface area contributed by atoms with Crippen LogP contribution in [-0.2, 0) is 4.74 Å². The highest BCUT2D eigenvalue weighted by molar-refractivity contribution is 9.10. The van der Waals surface area contributed by atoms with Crippen LogP contribution >= 0.6 is 15.9 Å². The van der Waals surface area contributed by atoms with E-state index in [0.717, 1.165) is 49.5 Å². The van der Waals surface area contributed by atoms with Gasteiger partial charge in [0.25, 0.3) is 5.91 Å². The van der Waals surface area contributed by atoms with E-state index in [0.29, 0.717) is 18.7 Å². The molecule has 0 aromatic carbocycles. The van der Waals surface area contributed by atoms with Crippen molar-refractivity contribution in [2.24, 2.45) is 0 Å². The number of pyridine rings is 1. The van der Waals surface area contributed by atoms with Crippen LogP contribution in [0.4, 0.5) is 4.79 Å². The maximum absolute atomic E-state index is 12.6. The molecule has 0 atom stereocenters. The second kappa shape index (κ2) is 7.18. The summed E-state index contributed by atoms with van der Waals surface area (Å²) in [6.07, 6.45) is 10.2. The maximum Gasteiger partial charge on any atom is 0.410 e. The molecule has 6 nitrogen and oxygen atoms in total. The van der Waals surface area contributed by atoms with Gasteiger partial charge in [0, 0.05) is 36.0 Å². The molecular formula is C19H24BrN3O3. The molecule has 0 unspecified atom stereocenters. The lowest BCUT2D eigenvalue weighted by molar-refractivity contribution is 0.0259. The Kier molecular flexibility index (Phi) is 4.90. The van der Waals surface area contributed by atoms with Gasteiger partial charge in [-0.2, -0.15) is 0 Å². The number of nitrogens with zero attached hydrogens (tertiary/aromatic N) is 3. The molecule has 1 aromatic heterocycles. The van der Waals surface area contributed by atoms with Crippen molar-refractivity contribution in [1.82, 2.24) is 14.8 Å². The smallest absolute Gasteiger partial charge is 0.410 e. The van der Waals surface area contributed by atoms with E-state index in [4.69, 9.17) is 4.74 Å². The molecule has 3 aliphatic rings. The zero-order valence-corrected chi connectivity index (χ0v) is 16.4. The van der Waals surface area contributed by atoms with E-state index >= 15 is 0 Å². The van der Waals surface area contributed by atoms with Crippen molar-refractivity contribution in [3.05, 3.63) is 28.5 Å². The van der Waals surface area contributed by atoms with Gasteiger partial charge in [-0.3, -0.25) is 9.78 Å². The summed E-state index contributed by atoms with van der Waals surface area (Å²) in [7, 11) is 0. The molecule has 0 radical (unpaired) electrons. The third kappa shape index (κ3) is 3.46. The molecule has 1 saturated carbocycles. The molecule has 0 N–H and O–H groups in total. The van der Waals surface area contributed by atoms with Crippen molar-refractivity contribution >= 4 is 27.9 Å². The van der Waals surface area contributed by atoms with Crippen LogP contribution in [0.15, 0.2) is 22.9 Å². The maximum atomic E-state index is 12.6. The second-order valence-corrected chi connectivity index (χ2v) is 8.57. The van der Waals surface area contributed by atoms with E-state index in [-0.39, 0.29) is 23.6 Å². The van der Waals surface area contributed by atoms with Gasteiger partial charge in [-0.15, -0.1) is 0 Å². The van der Waals surface area contributed by atoms with E-state index in [1.807, 2.05) is 9.80 Å². The molecule has 1 aromatic rings. The Balaban J connectivity index is 1.36. The highest BCUT2D eigenvalue weighted by Gasteiger charge is 2.48. The standard InChI is InChI=1S/C19H24BrN3O3/c20-15-10-14(11-21-12-15)17(24)22-8-4-16(5-9-22)23-13-19(26-18(23)25)6-2-1-3-7-19/h10-12,16H,1-9,13H2. The molecule has 26 heavy (non-hydrogen) atoms. The number of carbonyl (C=O) groups is 2. The van der Waals surface area contributed by atoms with Gasteiger partial charge >= 0.3 is 6.09 Å². The normalized spacial score (nSPS) is 23.3. The SMILES string of the molecule is O=C(c1cncc(Br)c1)N1CCC(N2CC3(CCCCC3)OC2=O)CC1. The first-order valence-corrected chi connectivity index (χ1v) is 10.3. The van der Waals surface area contributed by atoms with Gasteiger partial charge in [0.2, 0.25) is 0 Å². The Bertz CT molecular complexity index is 697. The lowest BCUT2D eigenvalue weighted by atomic mass is 9.84. The van der Waals surface area contributed by atoms with Crippen LogP contribution in [0.5, 0.6) is 0 Å². The average Bonchev–Trinajstić information content (AvgIpc) is 2.97. The summed E-state index contributed by atoms with van der Waals surface area (Å²) in [6.45, 7) is 2.04. The molecule has 1 spiro atoms. The van der Waals surface area contributed by atoms with Crippen molar-refractivity contribution in [2.45, 2.75) is 56.6 Å². The Labute approximate surface area is 162 Å². The Morgan fingerprint density at radius 2 is 1.92 bits per heavy atom. The Morgan fingerprint density at radius 3 is 2.62 bits per heavy atom. The van der Waals surface area contributed by atoms with Gasteiger partial charge in [0.1, 0.15) is 5.60 Å². The van der Waals surface area contributed by atoms with Crippen molar-refractivity contribution in [2.75, 3.05) is 19.6 Å². The van der Waals surface area contributed by atoms with Gasteiger partial charge in [0.15, 0.2) is 0 Å². The molecule has 3 fully saturated rings. The topological polar surface area (TPSA) is 62.7 Å². The van der Waals surface area contributed by atoms with E-state index in [9.17, 15) is 9.59 Å². The minimum Gasteiger partial charge on any atom is -0.441 e. The van der Waals surface area contributed by atoms with Crippen LogP contribution in [0.3, 0.4) is 0 Å². The van der Waals surface area contributed by atoms with Gasteiger partial charge in [-0.05, 0) is 60.5 Å². The first kappa shape index (κ1) is 17.8. The molecule has 7 heteroatoms. The van der Waals surface area contributed by atoms with Crippen LogP contribution in [0.1, 0.15) is 55.3 Å². The third-order valence-electron chi connectivity index (χ3n) is 5.91. The van der Waals surface area contributed by atoms with Crippen molar-refractivity contribution in [1.29, 1.82) is 0 Å². The highest BCUT2D eigenvalue weighted by Crippen LogP contribution is 2.38. The second-order valence-electron chi connectivity index (χ2n) is 7.65. The zero-order valence-electron chi connectivity index (χ0n) is 14.8. The van der Waals surface area contributed by atoms with E-state index in [2.05, 4.69) is 20.9 Å². The molecule has 2 amide bonds. The van der Waals surface area contributed by atoms with E-state index in [1.54, 1.807) is 18.5 Å². The molecule has 0 bridgehead atoms. The summed E-state index contributed by atoms with van der Waals surface area (Å²) in [5.74, 6) is 0.00463. The average molecular weight is 422 g/mol. The summed E-state index contributed by atoms with van der Waals surface area (Å²) in [4.78, 5) is 32.9. The number of piperidine rings is 1. The molecule has 3 heterocycles. The quantitative estimate of drug-likeness (QED) is 0.731. The molecule has 2 aliphatic heterocycles. The fourth-order valence-corrected chi connectivity index (χ4v) is 4.84. The molecule has 1 aliphatic carbocycles. The minimum absolute atomic E-state index is 0.00463. The zero-order chi connectivity index (χ0) is 18.1. The summed E-state index contributed by atoms with van der Waals surface area (Å²) in [5.41, 5.74) is 0.351. The predicted molar refractivity (Wildman–Crippen MR) is 99.9 cm³/mol. The number of carbonyl (C=O) groups excluding carboxylic acids is 2. The molecule has 140 valence electrons. The number of hydrogen-bond acceptors (Lipinski definition) is 4. The third-order valence-corrected chi connectivity index (χ3v) is 6.34. The van der Waals surface area contributed by atoms with Crippen LogP contribution in [-0.4, -0.2) is 58.1 Å². The van der Waals surface area contributed by atoms with Gasteiger partial charge in [-0.1, -0.05) is 6.42 Å². The number of hydrogen-bond donors (Lipinski definition) is 0. The fourth-order valence-electron chi connectivity index (χ4n) is 4.48. The van der Waals surface area contributed by atoms with Crippen molar-refractivity contribution in [3.63, 3.8) is 0 Å². The Morgan fingerprint density at radius 1 is 1.19 bits per heavy atom. The number of halogens is 1. The van der Waals surface area contributed by atoms with Crippen LogP contribution < -0.4 is 0 Å². The van der Waals surface area contributed by atoms with Gasteiger partial charge < -0.3 is 14.5 Å². The molecular weight excluding hydrogens is 398 g/mol. The van der Waals surface area contributed by atoms with Gasteiger partial charge in [0.05, 0.1) is 12.1 Å². The number of ether oxygens (including phenoxy) is 1. The highest BCUT2D eigenvalue weighted by atomic mass is 79.9. The van der Waals surface area contributed by atoms with Crippen LogP contribution in [0.25, 0.3) is 0 Å². The van der Waals surface area contributed by atoms with Crippen LogP contribution in [0.2, 0.25) is 0 Å². The van der Waals surface area contributed by atoms with Crippen LogP contribution in [0, 0.1) is 0 Å². The first-order chi connectivity index (χ1) is 12.6. The number of rotatable bonds is 2. The van der Waals surface area contributed by atoms with Gasteiger partial charge in [-0.25, -0.2) is 4.79 Å². The number of amides is 2. The predicted octanol–water partition coefficient (Wildman–Crippen LogP) is 3.60. The summed E-state index contributed by atoms with van der Waals surface area (Å²) in [5, 5.41) is 0. The largest absolute Gasteiger partial charge is 0.441 e. The first-order valence-electron chi connectivity index (χ1n) is 9.46. The minimum atomic E-state index is -0.246. The lowest BCUT2D eigenvalue weighted by Crippen LogP contribution is -2.48. The summed E-state index contributed by atoms with van der Waals surface area (Å²) < 4.78 is 6.61. The Hall–Kier alpha value is -1.63. The monoisotopic (exact) mass is 421 g/mol. The lowest BCUT2D eigenvalue weighted by Gasteiger charge is -2.36. The van der Waals surface area contributed by atoms with Crippen molar-refractivity contribution < 1.29 is 14.3 Å². The summed E-state index contributed by atoms with van der Waals surface area (Å²) in [6, 6.07) is 1.97. The molecule has 4 rings (SSSR count). The van der Waals surface area contributed by atoms with E-state index in [1.165, 1.54) is 6.42 Å². The molecule has 2 saturated heterocycles. The number of aromatic nitrogens is 1. The number of likely N-dealkylation sites (tertiary alicyclic amines) is 1. The van der Waals surface area contributed by atoms with Crippen molar-refractivity contribution in [3.8, 4) is 0 Å². The van der Waals surface area contributed by atoms with E-state index < -0.39 is 0 Å². The fraction of sp³-hybridized carbons (Fsp3) is 0.632. The summed E-state index contributed by atoms with van der Waals surface area (Å²) >= 11 is 3.36.